The van der Waals surface area contributed by atoms with Gasteiger partial charge in [-0.15, -0.1) is 0 Å². The summed E-state index contributed by atoms with van der Waals surface area (Å²) in [7, 11) is 5.06. The van der Waals surface area contributed by atoms with Gasteiger partial charge in [-0.2, -0.15) is 5.10 Å². The van der Waals surface area contributed by atoms with E-state index < -0.39 is 0 Å². The van der Waals surface area contributed by atoms with Crippen LogP contribution >= 0.6 is 0 Å². The summed E-state index contributed by atoms with van der Waals surface area (Å²) >= 11 is 0. The highest BCUT2D eigenvalue weighted by atomic mass is 16.5. The number of hydrogen-bond donors (Lipinski definition) is 1. The van der Waals surface area contributed by atoms with Crippen molar-refractivity contribution in [1.82, 2.24) is 15.1 Å². The van der Waals surface area contributed by atoms with Gasteiger partial charge in [0.05, 0.1) is 25.1 Å². The minimum Gasteiger partial charge on any atom is -0.497 e. The molecular formula is C19H21N3O3. The Bertz CT molecular complexity index is 885. The number of carbonyl (C=O) groups excluding carboxylic acids is 1. The highest BCUT2D eigenvalue weighted by molar-refractivity contribution is 5.98. The van der Waals surface area contributed by atoms with Crippen LogP contribution in [-0.4, -0.2) is 36.5 Å². The van der Waals surface area contributed by atoms with Crippen molar-refractivity contribution in [1.29, 1.82) is 0 Å². The average Bonchev–Trinajstić information content (AvgIpc) is 2.96. The Morgan fingerprint density at radius 1 is 1.12 bits per heavy atom. The average molecular weight is 339 g/mol. The van der Waals surface area contributed by atoms with Gasteiger partial charge in [-0.3, -0.25) is 4.79 Å². The summed E-state index contributed by atoms with van der Waals surface area (Å²) in [6.07, 6.45) is 0.759. The lowest BCUT2D eigenvalue weighted by molar-refractivity contribution is 0.0954. The molecule has 0 unspecified atom stereocenters. The summed E-state index contributed by atoms with van der Waals surface area (Å²) in [5, 5.41) is 8.20. The van der Waals surface area contributed by atoms with Crippen LogP contribution in [0, 0.1) is 0 Å². The van der Waals surface area contributed by atoms with Crippen molar-refractivity contribution in [2.24, 2.45) is 7.05 Å². The fourth-order valence-corrected chi connectivity index (χ4v) is 2.77. The number of benzene rings is 2. The molecule has 6 nitrogen and oxygen atoms in total. The molecule has 0 saturated carbocycles. The first-order chi connectivity index (χ1) is 12.1. The summed E-state index contributed by atoms with van der Waals surface area (Å²) in [5.74, 6) is 1.40. The molecule has 6 heteroatoms. The van der Waals surface area contributed by atoms with E-state index in [1.807, 2.05) is 37.4 Å². The first-order valence-electron chi connectivity index (χ1n) is 8.04. The maximum absolute atomic E-state index is 12.3. The van der Waals surface area contributed by atoms with Gasteiger partial charge in [0.1, 0.15) is 5.75 Å². The van der Waals surface area contributed by atoms with Crippen molar-refractivity contribution in [2.75, 3.05) is 20.8 Å². The third kappa shape index (κ3) is 3.57. The van der Waals surface area contributed by atoms with E-state index >= 15 is 0 Å². The number of amides is 1. The molecule has 130 valence electrons. The van der Waals surface area contributed by atoms with Gasteiger partial charge in [0, 0.05) is 19.2 Å². The summed E-state index contributed by atoms with van der Waals surface area (Å²) in [6, 6.07) is 13.3. The van der Waals surface area contributed by atoms with E-state index in [0.29, 0.717) is 18.0 Å². The molecule has 1 heterocycles. The number of aryl methyl sites for hydroxylation is 1. The lowest BCUT2D eigenvalue weighted by atomic mass is 10.1. The number of fused-ring (bicyclic) bond motifs is 1. The monoisotopic (exact) mass is 339 g/mol. The fourth-order valence-electron chi connectivity index (χ4n) is 2.77. The van der Waals surface area contributed by atoms with Crippen LogP contribution in [0.3, 0.4) is 0 Å². The molecule has 0 saturated heterocycles. The van der Waals surface area contributed by atoms with Crippen molar-refractivity contribution in [3.05, 3.63) is 53.6 Å². The predicted octanol–water partition coefficient (Wildman–Crippen LogP) is 2.56. The number of hydrogen-bond acceptors (Lipinski definition) is 4. The van der Waals surface area contributed by atoms with Gasteiger partial charge < -0.3 is 14.8 Å². The number of carbonyl (C=O) groups is 1. The van der Waals surface area contributed by atoms with Gasteiger partial charge in [0.2, 0.25) is 5.88 Å². The van der Waals surface area contributed by atoms with Crippen LogP contribution in [0.25, 0.3) is 10.9 Å². The molecule has 3 rings (SSSR count). The number of ether oxygens (including phenoxy) is 2. The van der Waals surface area contributed by atoms with E-state index in [1.54, 1.807) is 31.0 Å². The third-order valence-electron chi connectivity index (χ3n) is 4.09. The zero-order valence-corrected chi connectivity index (χ0v) is 14.6. The molecule has 0 atom stereocenters. The number of methoxy groups -OCH3 is 2. The van der Waals surface area contributed by atoms with Crippen LogP contribution in [0.4, 0.5) is 0 Å². The molecule has 1 N–H and O–H groups in total. The number of rotatable bonds is 6. The molecule has 25 heavy (non-hydrogen) atoms. The van der Waals surface area contributed by atoms with Crippen molar-refractivity contribution in [2.45, 2.75) is 6.42 Å². The second-order valence-electron chi connectivity index (χ2n) is 5.72. The Balaban J connectivity index is 1.63. The molecule has 0 bridgehead atoms. The Morgan fingerprint density at radius 2 is 1.88 bits per heavy atom. The topological polar surface area (TPSA) is 65.4 Å². The Hall–Kier alpha value is -3.02. The molecule has 0 radical (unpaired) electrons. The molecule has 3 aromatic rings. The van der Waals surface area contributed by atoms with Crippen LogP contribution in [0.15, 0.2) is 42.5 Å². The molecule has 0 spiro atoms. The second kappa shape index (κ2) is 7.25. The molecule has 1 amide bonds. The molecule has 1 aromatic heterocycles. The van der Waals surface area contributed by atoms with Gasteiger partial charge in [0.25, 0.3) is 5.91 Å². The summed E-state index contributed by atoms with van der Waals surface area (Å²) in [6.45, 7) is 0.564. The lowest BCUT2D eigenvalue weighted by Crippen LogP contribution is -2.25. The molecule has 2 aromatic carbocycles. The molecule has 0 fully saturated rings. The quantitative estimate of drug-likeness (QED) is 0.750. The van der Waals surface area contributed by atoms with E-state index in [-0.39, 0.29) is 5.91 Å². The van der Waals surface area contributed by atoms with Gasteiger partial charge in [-0.05, 0) is 42.3 Å². The third-order valence-corrected chi connectivity index (χ3v) is 4.09. The normalized spacial score (nSPS) is 10.7. The van der Waals surface area contributed by atoms with Gasteiger partial charge in [0.15, 0.2) is 0 Å². The minimum atomic E-state index is -0.111. The van der Waals surface area contributed by atoms with Crippen LogP contribution in [0.2, 0.25) is 0 Å². The zero-order valence-electron chi connectivity index (χ0n) is 14.6. The van der Waals surface area contributed by atoms with Gasteiger partial charge in [-0.25, -0.2) is 4.68 Å². The molecule has 0 aliphatic carbocycles. The second-order valence-corrected chi connectivity index (χ2v) is 5.72. The zero-order chi connectivity index (χ0) is 17.8. The molecule has 0 aliphatic heterocycles. The van der Waals surface area contributed by atoms with Gasteiger partial charge in [-0.1, -0.05) is 12.1 Å². The smallest absolute Gasteiger partial charge is 0.251 e. The maximum Gasteiger partial charge on any atom is 0.251 e. The summed E-state index contributed by atoms with van der Waals surface area (Å²) in [4.78, 5) is 12.3. The van der Waals surface area contributed by atoms with Crippen molar-refractivity contribution in [3.63, 3.8) is 0 Å². The van der Waals surface area contributed by atoms with E-state index in [0.717, 1.165) is 28.6 Å². The number of nitrogens with one attached hydrogen (secondary N) is 1. The van der Waals surface area contributed by atoms with E-state index in [1.165, 1.54) is 0 Å². The van der Waals surface area contributed by atoms with Gasteiger partial charge >= 0.3 is 0 Å². The molecule has 0 aliphatic rings. The number of nitrogens with zero attached hydrogens (tertiary/aromatic N) is 2. The first kappa shape index (κ1) is 16.8. The van der Waals surface area contributed by atoms with E-state index in [4.69, 9.17) is 9.47 Å². The maximum atomic E-state index is 12.3. The largest absolute Gasteiger partial charge is 0.497 e. The Morgan fingerprint density at radius 3 is 2.56 bits per heavy atom. The first-order valence-corrected chi connectivity index (χ1v) is 8.04. The standard InChI is InChI=1S/C19H21N3O3/c1-22-19(25-3)16-9-6-14(12-17(16)21-22)18(23)20-11-10-13-4-7-15(24-2)8-5-13/h4-9,12H,10-11H2,1-3H3,(H,20,23). The van der Waals surface area contributed by atoms with Crippen molar-refractivity contribution < 1.29 is 14.3 Å². The highest BCUT2D eigenvalue weighted by Crippen LogP contribution is 2.25. The molecular weight excluding hydrogens is 318 g/mol. The van der Waals surface area contributed by atoms with E-state index in [2.05, 4.69) is 10.4 Å². The minimum absolute atomic E-state index is 0.111. The van der Waals surface area contributed by atoms with Crippen molar-refractivity contribution >= 4 is 16.8 Å². The lowest BCUT2D eigenvalue weighted by Gasteiger charge is -2.06. The van der Waals surface area contributed by atoms with Crippen LogP contribution in [0.1, 0.15) is 15.9 Å². The van der Waals surface area contributed by atoms with Crippen LogP contribution < -0.4 is 14.8 Å². The predicted molar refractivity (Wildman–Crippen MR) is 96.3 cm³/mol. The summed E-state index contributed by atoms with van der Waals surface area (Å²) < 4.78 is 12.1. The summed E-state index contributed by atoms with van der Waals surface area (Å²) in [5.41, 5.74) is 2.47. The fraction of sp³-hybridized carbons (Fsp3) is 0.263. The van der Waals surface area contributed by atoms with Crippen LogP contribution in [0.5, 0.6) is 11.6 Å². The van der Waals surface area contributed by atoms with E-state index in [9.17, 15) is 4.79 Å². The number of aromatic nitrogens is 2. The Labute approximate surface area is 146 Å². The Kier molecular flexibility index (Phi) is 4.88. The highest BCUT2D eigenvalue weighted by Gasteiger charge is 2.12. The van der Waals surface area contributed by atoms with Crippen LogP contribution in [-0.2, 0) is 13.5 Å². The SMILES string of the molecule is COc1ccc(CCNC(=O)c2ccc3c(OC)n(C)nc3c2)cc1. The van der Waals surface area contributed by atoms with Crippen molar-refractivity contribution in [3.8, 4) is 11.6 Å².